The molecule has 0 fully saturated rings. The number of hydrogen-bond donors (Lipinski definition) is 3. The van der Waals surface area contributed by atoms with Crippen LogP contribution < -0.4 is 14.5 Å². The largest absolute Gasteiger partial charge is 0.481 e. The van der Waals surface area contributed by atoms with Crippen molar-refractivity contribution in [3.63, 3.8) is 0 Å². The summed E-state index contributed by atoms with van der Waals surface area (Å²) in [4.78, 5) is 11.9. The molecule has 1 amide bonds. The van der Waals surface area contributed by atoms with Gasteiger partial charge in [-0.25, -0.2) is 13.9 Å². The van der Waals surface area contributed by atoms with Crippen LogP contribution in [0.25, 0.3) is 0 Å². The Bertz CT molecular complexity index is 1020. The van der Waals surface area contributed by atoms with Gasteiger partial charge in [-0.3, -0.25) is 14.3 Å². The number of amides is 1. The lowest BCUT2D eigenvalue weighted by Gasteiger charge is -2.25. The van der Waals surface area contributed by atoms with Crippen molar-refractivity contribution < 1.29 is 28.3 Å². The van der Waals surface area contributed by atoms with Crippen LogP contribution in [0.4, 0.5) is 5.69 Å². The van der Waals surface area contributed by atoms with Crippen LogP contribution in [0.5, 0.6) is 5.75 Å². The zero-order valence-electron chi connectivity index (χ0n) is 14.7. The number of anilines is 1. The fourth-order valence-electron chi connectivity index (χ4n) is 3.04. The standard InChI is InChI=1S/C19H18N2O6S/c22-11-3-4-12-27-15-9-7-14(8-10-15)21-17(13-19(23)20-24)16-5-1-2-6-18(16)28(21,25)26/h1-2,5-10,17,22,24H,11-13H2,(H,20,23). The molecular weight excluding hydrogens is 384 g/mol. The minimum Gasteiger partial charge on any atom is -0.481 e. The Morgan fingerprint density at radius 1 is 1.14 bits per heavy atom. The molecule has 0 bridgehead atoms. The normalized spacial score (nSPS) is 16.6. The number of sulfonamides is 1. The lowest BCUT2D eigenvalue weighted by molar-refractivity contribution is -0.129. The number of rotatable bonds is 5. The molecule has 0 saturated heterocycles. The Morgan fingerprint density at radius 2 is 1.86 bits per heavy atom. The second-order valence-corrected chi connectivity index (χ2v) is 7.67. The topological polar surface area (TPSA) is 116 Å². The first-order valence-electron chi connectivity index (χ1n) is 8.34. The molecule has 1 aliphatic rings. The van der Waals surface area contributed by atoms with Crippen molar-refractivity contribution in [2.75, 3.05) is 17.5 Å². The van der Waals surface area contributed by atoms with E-state index in [9.17, 15) is 13.2 Å². The molecule has 0 radical (unpaired) electrons. The van der Waals surface area contributed by atoms with Gasteiger partial charge in [0.2, 0.25) is 5.91 Å². The van der Waals surface area contributed by atoms with E-state index >= 15 is 0 Å². The molecular formula is C19H18N2O6S. The monoisotopic (exact) mass is 402 g/mol. The molecule has 1 heterocycles. The maximum atomic E-state index is 13.1. The smallest absolute Gasteiger partial charge is 0.265 e. The number of ether oxygens (including phenoxy) is 1. The molecule has 28 heavy (non-hydrogen) atoms. The lowest BCUT2D eigenvalue weighted by Crippen LogP contribution is -2.32. The number of aliphatic hydroxyl groups is 1. The van der Waals surface area contributed by atoms with Crippen LogP contribution in [0.15, 0.2) is 53.4 Å². The molecule has 0 aliphatic carbocycles. The van der Waals surface area contributed by atoms with Crippen LogP contribution in [0.2, 0.25) is 0 Å². The van der Waals surface area contributed by atoms with Crippen molar-refractivity contribution in [3.05, 3.63) is 54.1 Å². The summed E-state index contributed by atoms with van der Waals surface area (Å²) in [7, 11) is -3.86. The average molecular weight is 402 g/mol. The van der Waals surface area contributed by atoms with Gasteiger partial charge in [-0.05, 0) is 35.9 Å². The Hall–Kier alpha value is -3.06. The molecule has 0 saturated carbocycles. The number of aliphatic hydroxyl groups excluding tert-OH is 1. The van der Waals surface area contributed by atoms with Gasteiger partial charge in [0.1, 0.15) is 19.0 Å². The summed E-state index contributed by atoms with van der Waals surface area (Å²) in [5.74, 6) is 4.87. The Morgan fingerprint density at radius 3 is 2.54 bits per heavy atom. The third-order valence-electron chi connectivity index (χ3n) is 4.21. The summed E-state index contributed by atoms with van der Waals surface area (Å²) in [6, 6.07) is 12.0. The first-order valence-corrected chi connectivity index (χ1v) is 9.78. The molecule has 9 heteroatoms. The van der Waals surface area contributed by atoms with Gasteiger partial charge in [0.15, 0.2) is 0 Å². The van der Waals surface area contributed by atoms with E-state index in [1.54, 1.807) is 47.9 Å². The predicted molar refractivity (Wildman–Crippen MR) is 100 cm³/mol. The summed E-state index contributed by atoms with van der Waals surface area (Å²) >= 11 is 0. The van der Waals surface area contributed by atoms with Gasteiger partial charge in [0.25, 0.3) is 10.0 Å². The SMILES string of the molecule is O=C(CC1c2ccccc2S(=O)(=O)N1c1ccc(OCC#CCO)cc1)NO. The minimum absolute atomic E-state index is 0.0899. The van der Waals surface area contributed by atoms with Crippen LogP contribution in [-0.4, -0.2) is 37.9 Å². The maximum absolute atomic E-state index is 13.1. The minimum atomic E-state index is -3.86. The molecule has 3 N–H and O–H groups in total. The van der Waals surface area contributed by atoms with E-state index in [0.717, 1.165) is 0 Å². The van der Waals surface area contributed by atoms with Crippen LogP contribution in [0.3, 0.4) is 0 Å². The number of carbonyl (C=O) groups is 1. The Balaban J connectivity index is 1.93. The molecule has 1 atom stereocenters. The number of nitrogens with zero attached hydrogens (tertiary/aromatic N) is 1. The number of carbonyl (C=O) groups excluding carboxylic acids is 1. The van der Waals surface area contributed by atoms with Gasteiger partial charge in [0.05, 0.1) is 23.0 Å². The molecule has 0 spiro atoms. The van der Waals surface area contributed by atoms with Crippen molar-refractivity contribution >= 4 is 21.6 Å². The second-order valence-electron chi connectivity index (χ2n) is 5.89. The first-order chi connectivity index (χ1) is 13.5. The predicted octanol–water partition coefficient (Wildman–Crippen LogP) is 1.21. The molecule has 0 aromatic heterocycles. The van der Waals surface area contributed by atoms with E-state index in [0.29, 0.717) is 17.0 Å². The molecule has 146 valence electrons. The highest BCUT2D eigenvalue weighted by atomic mass is 32.2. The van der Waals surface area contributed by atoms with Gasteiger partial charge in [-0.1, -0.05) is 30.0 Å². The maximum Gasteiger partial charge on any atom is 0.265 e. The van der Waals surface area contributed by atoms with Crippen LogP contribution in [-0.2, 0) is 14.8 Å². The van der Waals surface area contributed by atoms with E-state index in [1.165, 1.54) is 10.4 Å². The highest BCUT2D eigenvalue weighted by Crippen LogP contribution is 2.44. The average Bonchev–Trinajstić information content (AvgIpc) is 2.93. The Labute approximate surface area is 162 Å². The summed E-state index contributed by atoms with van der Waals surface area (Å²) in [5, 5.41) is 17.5. The molecule has 1 unspecified atom stereocenters. The summed E-state index contributed by atoms with van der Waals surface area (Å²) in [6.07, 6.45) is -0.234. The quantitative estimate of drug-likeness (QED) is 0.393. The van der Waals surface area contributed by atoms with Gasteiger partial charge >= 0.3 is 0 Å². The van der Waals surface area contributed by atoms with Gasteiger partial charge in [0, 0.05) is 0 Å². The van der Waals surface area contributed by atoms with Crippen LogP contribution in [0.1, 0.15) is 18.0 Å². The number of nitrogens with one attached hydrogen (secondary N) is 1. The number of fused-ring (bicyclic) bond motifs is 1. The number of hydrogen-bond acceptors (Lipinski definition) is 6. The van der Waals surface area contributed by atoms with E-state index in [1.807, 2.05) is 0 Å². The van der Waals surface area contributed by atoms with Crippen LogP contribution in [0, 0.1) is 11.8 Å². The zero-order valence-corrected chi connectivity index (χ0v) is 15.5. The van der Waals surface area contributed by atoms with Crippen molar-refractivity contribution in [1.29, 1.82) is 0 Å². The van der Waals surface area contributed by atoms with Crippen molar-refractivity contribution in [2.45, 2.75) is 17.4 Å². The number of hydroxylamine groups is 1. The van der Waals surface area contributed by atoms with E-state index in [4.69, 9.17) is 15.1 Å². The third kappa shape index (κ3) is 3.80. The zero-order chi connectivity index (χ0) is 20.1. The highest BCUT2D eigenvalue weighted by molar-refractivity contribution is 7.93. The highest BCUT2D eigenvalue weighted by Gasteiger charge is 2.43. The van der Waals surface area contributed by atoms with E-state index in [2.05, 4.69) is 11.8 Å². The van der Waals surface area contributed by atoms with Crippen molar-refractivity contribution in [1.82, 2.24) is 5.48 Å². The fraction of sp³-hybridized carbons (Fsp3) is 0.211. The van der Waals surface area contributed by atoms with Gasteiger partial charge < -0.3 is 9.84 Å². The van der Waals surface area contributed by atoms with Crippen LogP contribution >= 0.6 is 0 Å². The Kier molecular flexibility index (Phi) is 5.84. The molecule has 3 rings (SSSR count). The first kappa shape index (κ1) is 19.7. The van der Waals surface area contributed by atoms with Crippen molar-refractivity contribution in [2.24, 2.45) is 0 Å². The molecule has 1 aliphatic heterocycles. The summed E-state index contributed by atoms with van der Waals surface area (Å²) < 4.78 is 32.7. The lowest BCUT2D eigenvalue weighted by atomic mass is 10.0. The summed E-state index contributed by atoms with van der Waals surface area (Å²) in [6.45, 7) is -0.162. The van der Waals surface area contributed by atoms with Gasteiger partial charge in [-0.2, -0.15) is 0 Å². The third-order valence-corrected chi connectivity index (χ3v) is 6.12. The van der Waals surface area contributed by atoms with Crippen molar-refractivity contribution in [3.8, 4) is 17.6 Å². The summed E-state index contributed by atoms with van der Waals surface area (Å²) in [5.41, 5.74) is 2.41. The second kappa shape index (κ2) is 8.31. The molecule has 2 aromatic rings. The molecule has 2 aromatic carbocycles. The van der Waals surface area contributed by atoms with Gasteiger partial charge in [-0.15, -0.1) is 0 Å². The fourth-order valence-corrected chi connectivity index (χ4v) is 4.93. The molecule has 8 nitrogen and oxygen atoms in total. The van der Waals surface area contributed by atoms with E-state index in [-0.39, 0.29) is 24.5 Å². The van der Waals surface area contributed by atoms with E-state index < -0.39 is 22.0 Å². The number of benzene rings is 2.